The van der Waals surface area contributed by atoms with E-state index >= 15 is 0 Å². The number of carbonyl (C=O) groups is 3. The van der Waals surface area contributed by atoms with Gasteiger partial charge in [0.15, 0.2) is 5.60 Å². The Morgan fingerprint density at radius 3 is 2.25 bits per heavy atom. The lowest BCUT2D eigenvalue weighted by atomic mass is 9.34. The number of fused-ring (bicyclic) bond motifs is 7. The number of aliphatic carboxylic acids is 1. The van der Waals surface area contributed by atoms with Crippen LogP contribution in [-0.4, -0.2) is 34.9 Å². The second-order valence-electron chi connectivity index (χ2n) is 13.7. The number of ketones is 2. The Kier molecular flexibility index (Phi) is 5.36. The Labute approximate surface area is 215 Å². The van der Waals surface area contributed by atoms with Crippen LogP contribution in [0.4, 0.5) is 0 Å². The lowest BCUT2D eigenvalue weighted by Gasteiger charge is -2.70. The molecule has 3 fully saturated rings. The van der Waals surface area contributed by atoms with Crippen molar-refractivity contribution < 1.29 is 24.2 Å². The molecular weight excluding hydrogens is 452 g/mol. The van der Waals surface area contributed by atoms with Crippen molar-refractivity contribution in [2.75, 3.05) is 6.61 Å². The molecule has 7 atom stereocenters. The molecule has 0 unspecified atom stereocenters. The number of carboxylic acids is 1. The highest BCUT2D eigenvalue weighted by Crippen LogP contribution is 2.75. The van der Waals surface area contributed by atoms with Gasteiger partial charge in [-0.2, -0.15) is 0 Å². The Balaban J connectivity index is 1.65. The normalized spacial score (nSPS) is 48.0. The molecule has 0 bridgehead atoms. The number of hydrogen-bond donors (Lipinski definition) is 1. The van der Waals surface area contributed by atoms with Crippen molar-refractivity contribution in [1.82, 2.24) is 0 Å². The van der Waals surface area contributed by atoms with Gasteiger partial charge in [0, 0.05) is 12.0 Å². The lowest BCUT2D eigenvalue weighted by Crippen LogP contribution is -2.62. The summed E-state index contributed by atoms with van der Waals surface area (Å²) in [5, 5.41) is 10.1. The maximum Gasteiger partial charge on any atom is 0.309 e. The van der Waals surface area contributed by atoms with Gasteiger partial charge in [0.2, 0.25) is 11.6 Å². The van der Waals surface area contributed by atoms with E-state index in [1.807, 2.05) is 19.9 Å². The van der Waals surface area contributed by atoms with E-state index in [4.69, 9.17) is 4.74 Å². The van der Waals surface area contributed by atoms with Crippen LogP contribution in [-0.2, 0) is 19.1 Å². The van der Waals surface area contributed by atoms with Crippen LogP contribution in [0, 0.1) is 33.0 Å². The van der Waals surface area contributed by atoms with Crippen LogP contribution in [0.2, 0.25) is 0 Å². The second kappa shape index (κ2) is 7.52. The molecule has 0 spiro atoms. The van der Waals surface area contributed by atoms with Gasteiger partial charge in [-0.15, -0.1) is 0 Å². The van der Waals surface area contributed by atoms with Crippen LogP contribution in [0.25, 0.3) is 0 Å². The predicted molar refractivity (Wildman–Crippen MR) is 138 cm³/mol. The zero-order valence-corrected chi connectivity index (χ0v) is 23.0. The molecule has 0 aromatic rings. The van der Waals surface area contributed by atoms with Gasteiger partial charge < -0.3 is 9.84 Å². The molecule has 0 amide bonds. The van der Waals surface area contributed by atoms with Crippen molar-refractivity contribution in [3.63, 3.8) is 0 Å². The Morgan fingerprint density at radius 2 is 1.61 bits per heavy atom. The number of ether oxygens (including phenoxy) is 1. The molecule has 3 saturated carbocycles. The van der Waals surface area contributed by atoms with Crippen molar-refractivity contribution in [1.29, 1.82) is 0 Å². The summed E-state index contributed by atoms with van der Waals surface area (Å²) in [7, 11) is 0. The zero-order valence-electron chi connectivity index (χ0n) is 23.0. The molecule has 0 aliphatic heterocycles. The van der Waals surface area contributed by atoms with Gasteiger partial charge in [0.05, 0.1) is 5.41 Å². The molecule has 0 heterocycles. The number of rotatable bonds is 3. The van der Waals surface area contributed by atoms with Gasteiger partial charge in [-0.25, -0.2) is 0 Å². The smallest absolute Gasteiger partial charge is 0.309 e. The fourth-order valence-corrected chi connectivity index (χ4v) is 9.21. The van der Waals surface area contributed by atoms with E-state index in [2.05, 4.69) is 33.8 Å². The summed E-state index contributed by atoms with van der Waals surface area (Å²) in [6, 6.07) is 0. The van der Waals surface area contributed by atoms with E-state index in [0.29, 0.717) is 18.9 Å². The number of Topliss-reactive ketones (excluding diaryl/α,β-unsaturated/α-hetero) is 1. The summed E-state index contributed by atoms with van der Waals surface area (Å²) >= 11 is 0. The minimum Gasteiger partial charge on any atom is -0.481 e. The molecule has 36 heavy (non-hydrogen) atoms. The molecule has 0 aromatic heterocycles. The molecule has 196 valence electrons. The fourth-order valence-electron chi connectivity index (χ4n) is 9.21. The summed E-state index contributed by atoms with van der Waals surface area (Å²) in [6.45, 7) is 15.3. The molecule has 0 radical (unpaired) electrons. The standard InChI is InChI=1S/C31H42O5/c1-8-36-31(7)19-9-10-22-28(4,20(19)17-21(32)24(31)33)14-16-30(6)23-18-27(3,25(34)35)12-11-26(23,2)13-15-29(22,30)5/h9-10,17,23H,8,11-16,18H2,1-7H3,(H,34,35)/t23-,26-,27-,28+,29-,30+,31+/m1/s1. The number of carboxylic acid groups (broad SMARTS) is 1. The monoisotopic (exact) mass is 494 g/mol. The molecule has 5 nitrogen and oxygen atoms in total. The van der Waals surface area contributed by atoms with Crippen molar-refractivity contribution in [3.05, 3.63) is 34.9 Å². The van der Waals surface area contributed by atoms with Crippen LogP contribution in [0.1, 0.15) is 93.4 Å². The molecule has 0 saturated heterocycles. The third-order valence-corrected chi connectivity index (χ3v) is 12.0. The highest BCUT2D eigenvalue weighted by molar-refractivity contribution is 6.46. The van der Waals surface area contributed by atoms with Crippen LogP contribution in [0.5, 0.6) is 0 Å². The van der Waals surface area contributed by atoms with Gasteiger partial charge in [-0.1, -0.05) is 45.4 Å². The van der Waals surface area contributed by atoms with E-state index in [-0.39, 0.29) is 21.7 Å². The quantitative estimate of drug-likeness (QED) is 0.471. The molecule has 5 aliphatic rings. The molecule has 0 aromatic carbocycles. The molecule has 5 heteroatoms. The first-order valence-electron chi connectivity index (χ1n) is 13.7. The summed E-state index contributed by atoms with van der Waals surface area (Å²) in [5.74, 6) is -1.32. The Hall–Kier alpha value is -2.01. The maximum atomic E-state index is 13.0. The van der Waals surface area contributed by atoms with E-state index < -0.39 is 28.6 Å². The third-order valence-electron chi connectivity index (χ3n) is 12.0. The van der Waals surface area contributed by atoms with E-state index in [9.17, 15) is 19.5 Å². The summed E-state index contributed by atoms with van der Waals surface area (Å²) in [6.07, 6.45) is 12.2. The second-order valence-corrected chi connectivity index (χ2v) is 13.7. The first kappa shape index (κ1) is 25.6. The third kappa shape index (κ3) is 2.95. The first-order chi connectivity index (χ1) is 16.6. The first-order valence-corrected chi connectivity index (χ1v) is 13.7. The number of carbonyl (C=O) groups excluding carboxylic acids is 2. The van der Waals surface area contributed by atoms with E-state index in [1.54, 1.807) is 13.0 Å². The SMILES string of the molecule is CCO[C@]1(C)C(=O)C(=O)C=C2C1=CC=C1[C@@]2(C)CC[C@@]2(C)[C@@H]3C[C@](C)(C(=O)O)CC[C@]3(C)CC[C@]12C. The van der Waals surface area contributed by atoms with Gasteiger partial charge in [0.1, 0.15) is 0 Å². The van der Waals surface area contributed by atoms with Crippen molar-refractivity contribution in [3.8, 4) is 0 Å². The number of allylic oxidation sites excluding steroid dienone is 4. The summed E-state index contributed by atoms with van der Waals surface area (Å²) < 4.78 is 5.96. The van der Waals surface area contributed by atoms with Crippen LogP contribution < -0.4 is 0 Å². The number of hydrogen-bond acceptors (Lipinski definition) is 4. The molecule has 5 rings (SSSR count). The van der Waals surface area contributed by atoms with Gasteiger partial charge >= 0.3 is 5.97 Å². The van der Waals surface area contributed by atoms with Crippen LogP contribution in [0.15, 0.2) is 34.9 Å². The van der Waals surface area contributed by atoms with Crippen molar-refractivity contribution in [2.24, 2.45) is 33.0 Å². The Morgan fingerprint density at radius 1 is 0.944 bits per heavy atom. The highest BCUT2D eigenvalue weighted by Gasteiger charge is 2.68. The summed E-state index contributed by atoms with van der Waals surface area (Å²) in [5.41, 5.74) is 0.782. The zero-order chi connectivity index (χ0) is 26.5. The Bertz CT molecular complexity index is 1160. The minimum absolute atomic E-state index is 0.0495. The van der Waals surface area contributed by atoms with Crippen LogP contribution >= 0.6 is 0 Å². The van der Waals surface area contributed by atoms with Gasteiger partial charge in [0.25, 0.3) is 0 Å². The fraction of sp³-hybridized carbons (Fsp3) is 0.710. The maximum absolute atomic E-state index is 13.0. The summed E-state index contributed by atoms with van der Waals surface area (Å²) in [4.78, 5) is 38.2. The average molecular weight is 495 g/mol. The van der Waals surface area contributed by atoms with Gasteiger partial charge in [-0.3, -0.25) is 14.4 Å². The largest absolute Gasteiger partial charge is 0.481 e. The van der Waals surface area contributed by atoms with Crippen molar-refractivity contribution in [2.45, 2.75) is 99.0 Å². The highest BCUT2D eigenvalue weighted by atomic mass is 16.5. The van der Waals surface area contributed by atoms with E-state index in [0.717, 1.165) is 49.7 Å². The molecular formula is C31H42O5. The van der Waals surface area contributed by atoms with Crippen molar-refractivity contribution >= 4 is 17.5 Å². The minimum atomic E-state index is -1.25. The predicted octanol–water partition coefficient (Wildman–Crippen LogP) is 6.23. The average Bonchev–Trinajstić information content (AvgIpc) is 2.81. The molecule has 1 N–H and O–H groups in total. The van der Waals surface area contributed by atoms with E-state index in [1.165, 1.54) is 5.57 Å². The van der Waals surface area contributed by atoms with Gasteiger partial charge in [-0.05, 0) is 105 Å². The van der Waals surface area contributed by atoms with Crippen LogP contribution in [0.3, 0.4) is 0 Å². The topological polar surface area (TPSA) is 80.7 Å². The molecule has 5 aliphatic carbocycles. The lowest BCUT2D eigenvalue weighted by molar-refractivity contribution is -0.178.